The van der Waals surface area contributed by atoms with Crippen LogP contribution in [0.15, 0.2) is 54.6 Å². The number of hydrogen-bond donors (Lipinski definition) is 0. The van der Waals surface area contributed by atoms with Gasteiger partial charge in [0.2, 0.25) is 11.6 Å². The maximum atomic E-state index is 13.2. The topological polar surface area (TPSA) is 84.0 Å². The van der Waals surface area contributed by atoms with Crippen molar-refractivity contribution in [2.24, 2.45) is 0 Å². The number of rotatable bonds is 5. The summed E-state index contributed by atoms with van der Waals surface area (Å²) in [5.41, 5.74) is -0.368. The third-order valence-electron chi connectivity index (χ3n) is 5.45. The maximum absolute atomic E-state index is 13.2. The van der Waals surface area contributed by atoms with Gasteiger partial charge in [-0.3, -0.25) is 19.3 Å². The van der Waals surface area contributed by atoms with Gasteiger partial charge in [-0.15, -0.1) is 0 Å². The summed E-state index contributed by atoms with van der Waals surface area (Å²) in [6, 6.07) is 15.2. The Hall–Kier alpha value is -3.48. The molecule has 0 saturated carbocycles. The molecule has 2 aliphatic rings. The van der Waals surface area contributed by atoms with Crippen LogP contribution in [0.3, 0.4) is 0 Å². The molecule has 2 aliphatic heterocycles. The standard InChI is InChI=1S/C22H20N2O5/c1-2-23-20(27)16-10-6-7-11-17(16)24-19(26)12-13-22(23,24)21(28)29-14-18(25)15-8-4-3-5-9-15/h3-11H,2,12-14H2,1H3/t22-/m0/s1. The van der Waals surface area contributed by atoms with Gasteiger partial charge >= 0.3 is 5.97 Å². The number of ether oxygens (including phenoxy) is 1. The highest BCUT2D eigenvalue weighted by atomic mass is 16.5. The van der Waals surface area contributed by atoms with Crippen LogP contribution in [0.1, 0.15) is 40.5 Å². The molecule has 0 aliphatic carbocycles. The minimum atomic E-state index is -1.56. The molecule has 7 nitrogen and oxygen atoms in total. The number of carbonyl (C=O) groups excluding carboxylic acids is 4. The van der Waals surface area contributed by atoms with E-state index in [-0.39, 0.29) is 37.0 Å². The lowest BCUT2D eigenvalue weighted by molar-refractivity contribution is -0.156. The Balaban J connectivity index is 1.68. The van der Waals surface area contributed by atoms with Gasteiger partial charge < -0.3 is 9.64 Å². The van der Waals surface area contributed by atoms with Gasteiger partial charge in [0.05, 0.1) is 11.3 Å². The summed E-state index contributed by atoms with van der Waals surface area (Å²) in [6.07, 6.45) is 0.234. The van der Waals surface area contributed by atoms with Crippen molar-refractivity contribution in [3.05, 3.63) is 65.7 Å². The number of hydrogen-bond acceptors (Lipinski definition) is 5. The van der Waals surface area contributed by atoms with Gasteiger partial charge in [0.15, 0.2) is 12.4 Å². The SMILES string of the molecule is CCN1C(=O)c2ccccc2N2C(=O)CC[C@]12C(=O)OCC(=O)c1ccccc1. The van der Waals surface area contributed by atoms with E-state index in [9.17, 15) is 19.2 Å². The Kier molecular flexibility index (Phi) is 4.66. The highest BCUT2D eigenvalue weighted by molar-refractivity contribution is 6.15. The van der Waals surface area contributed by atoms with Crippen LogP contribution in [0, 0.1) is 0 Å². The van der Waals surface area contributed by atoms with E-state index in [0.29, 0.717) is 16.8 Å². The number of Topliss-reactive ketones (excluding diaryl/α,β-unsaturated/α-hetero) is 1. The first-order chi connectivity index (χ1) is 14.0. The van der Waals surface area contributed by atoms with Crippen LogP contribution in [0.25, 0.3) is 0 Å². The second kappa shape index (κ2) is 7.16. The second-order valence-electron chi connectivity index (χ2n) is 6.98. The zero-order chi connectivity index (χ0) is 20.6. The van der Waals surface area contributed by atoms with Gasteiger partial charge in [-0.25, -0.2) is 4.79 Å². The highest BCUT2D eigenvalue weighted by Gasteiger charge is 2.61. The number of likely N-dealkylation sites (N-methyl/N-ethyl adjacent to an activating group) is 1. The first kappa shape index (κ1) is 18.9. The lowest BCUT2D eigenvalue weighted by atomic mass is 9.96. The predicted molar refractivity (Wildman–Crippen MR) is 104 cm³/mol. The predicted octanol–water partition coefficient (Wildman–Crippen LogP) is 2.41. The summed E-state index contributed by atoms with van der Waals surface area (Å²) in [5, 5.41) is 0. The zero-order valence-corrected chi connectivity index (χ0v) is 16.0. The van der Waals surface area contributed by atoms with Crippen molar-refractivity contribution in [3.8, 4) is 0 Å². The fourth-order valence-corrected chi connectivity index (χ4v) is 4.13. The fourth-order valence-electron chi connectivity index (χ4n) is 4.13. The van der Waals surface area contributed by atoms with Gasteiger partial charge in [-0.1, -0.05) is 42.5 Å². The molecule has 0 bridgehead atoms. The van der Waals surface area contributed by atoms with Crippen molar-refractivity contribution in [3.63, 3.8) is 0 Å². The van der Waals surface area contributed by atoms with E-state index in [0.717, 1.165) is 0 Å². The molecule has 1 fully saturated rings. The quantitative estimate of drug-likeness (QED) is 0.576. The number of para-hydroxylation sites is 1. The van der Waals surface area contributed by atoms with Crippen LogP contribution < -0.4 is 4.90 Å². The lowest BCUT2D eigenvalue weighted by Crippen LogP contribution is -2.68. The molecule has 2 heterocycles. The summed E-state index contributed by atoms with van der Waals surface area (Å²) in [5.74, 6) is -1.70. The number of anilines is 1. The van der Waals surface area contributed by atoms with Crippen LogP contribution in [0.5, 0.6) is 0 Å². The van der Waals surface area contributed by atoms with E-state index in [1.54, 1.807) is 61.5 Å². The van der Waals surface area contributed by atoms with Gasteiger partial charge in [0, 0.05) is 24.9 Å². The molecule has 1 atom stereocenters. The second-order valence-corrected chi connectivity index (χ2v) is 6.98. The molecule has 148 valence electrons. The average Bonchev–Trinajstić information content (AvgIpc) is 3.11. The Bertz CT molecular complexity index is 1000. The minimum Gasteiger partial charge on any atom is -0.454 e. The average molecular weight is 392 g/mol. The summed E-state index contributed by atoms with van der Waals surface area (Å²) in [6.45, 7) is 1.51. The van der Waals surface area contributed by atoms with Crippen molar-refractivity contribution >= 4 is 29.3 Å². The van der Waals surface area contributed by atoms with Crippen molar-refractivity contribution in [1.29, 1.82) is 0 Å². The minimum absolute atomic E-state index is 0.111. The molecule has 0 unspecified atom stereocenters. The number of benzene rings is 2. The Morgan fingerprint density at radius 3 is 2.45 bits per heavy atom. The monoisotopic (exact) mass is 392 g/mol. The Labute approximate surface area is 167 Å². The molecule has 7 heteroatoms. The van der Waals surface area contributed by atoms with Gasteiger partial charge in [-0.2, -0.15) is 0 Å². The van der Waals surface area contributed by atoms with Gasteiger partial charge in [0.25, 0.3) is 5.91 Å². The number of nitrogens with zero attached hydrogens (tertiary/aromatic N) is 2. The zero-order valence-electron chi connectivity index (χ0n) is 16.0. The van der Waals surface area contributed by atoms with Crippen molar-refractivity contribution in [2.75, 3.05) is 18.1 Å². The van der Waals surface area contributed by atoms with Crippen molar-refractivity contribution in [2.45, 2.75) is 25.4 Å². The first-order valence-corrected chi connectivity index (χ1v) is 9.50. The van der Waals surface area contributed by atoms with Crippen LogP contribution in [0.4, 0.5) is 5.69 Å². The summed E-state index contributed by atoms with van der Waals surface area (Å²) in [4.78, 5) is 54.1. The van der Waals surface area contributed by atoms with E-state index in [1.165, 1.54) is 9.80 Å². The summed E-state index contributed by atoms with van der Waals surface area (Å²) >= 11 is 0. The molecule has 0 radical (unpaired) electrons. The van der Waals surface area contributed by atoms with Crippen molar-refractivity contribution in [1.82, 2.24) is 4.90 Å². The molecule has 2 amide bonds. The number of esters is 1. The molecule has 4 rings (SSSR count). The Morgan fingerprint density at radius 2 is 1.72 bits per heavy atom. The third-order valence-corrected chi connectivity index (χ3v) is 5.45. The van der Waals surface area contributed by atoms with Crippen LogP contribution in [-0.4, -0.2) is 47.3 Å². The van der Waals surface area contributed by atoms with E-state index >= 15 is 0 Å². The largest absolute Gasteiger partial charge is 0.454 e. The number of carbonyl (C=O) groups is 4. The smallest absolute Gasteiger partial charge is 0.354 e. The van der Waals surface area contributed by atoms with E-state index in [4.69, 9.17) is 4.74 Å². The summed E-state index contributed by atoms with van der Waals surface area (Å²) < 4.78 is 5.37. The lowest BCUT2D eigenvalue weighted by Gasteiger charge is -2.47. The summed E-state index contributed by atoms with van der Waals surface area (Å²) in [7, 11) is 0. The highest BCUT2D eigenvalue weighted by Crippen LogP contribution is 2.44. The molecule has 0 spiro atoms. The van der Waals surface area contributed by atoms with E-state index in [1.807, 2.05) is 0 Å². The number of ketones is 1. The van der Waals surface area contributed by atoms with Crippen LogP contribution >= 0.6 is 0 Å². The molecule has 1 saturated heterocycles. The molecular weight excluding hydrogens is 372 g/mol. The molecule has 2 aromatic rings. The van der Waals surface area contributed by atoms with E-state index in [2.05, 4.69) is 0 Å². The van der Waals surface area contributed by atoms with Crippen LogP contribution in [0.2, 0.25) is 0 Å². The van der Waals surface area contributed by atoms with Crippen molar-refractivity contribution < 1.29 is 23.9 Å². The molecule has 0 N–H and O–H groups in total. The normalized spacial score (nSPS) is 20.3. The number of amides is 2. The molecular formula is C22H20N2O5. The van der Waals surface area contributed by atoms with Gasteiger partial charge in [-0.05, 0) is 19.1 Å². The molecule has 0 aromatic heterocycles. The number of fused-ring (bicyclic) bond motifs is 3. The van der Waals surface area contributed by atoms with Crippen LogP contribution in [-0.2, 0) is 14.3 Å². The molecule has 2 aromatic carbocycles. The Morgan fingerprint density at radius 1 is 1.03 bits per heavy atom. The maximum Gasteiger partial charge on any atom is 0.354 e. The van der Waals surface area contributed by atoms with Gasteiger partial charge in [0.1, 0.15) is 0 Å². The molecule has 29 heavy (non-hydrogen) atoms. The first-order valence-electron chi connectivity index (χ1n) is 9.50. The van der Waals surface area contributed by atoms with E-state index < -0.39 is 18.2 Å². The third kappa shape index (κ3) is 2.81. The fraction of sp³-hybridized carbons (Fsp3) is 0.273.